The predicted molar refractivity (Wildman–Crippen MR) is 22.6 cm³/mol. The first-order chi connectivity index (χ1) is 3.73. The maximum atomic E-state index is 8.53. The third-order valence-electron chi connectivity index (χ3n) is 0. The molecule has 0 unspecified atom stereocenters. The van der Waals surface area contributed by atoms with Gasteiger partial charge >= 0.3 is 61.0 Å². The molecule has 0 aliphatic rings. The van der Waals surface area contributed by atoms with E-state index in [2.05, 4.69) is 0 Å². The van der Waals surface area contributed by atoms with E-state index in [0.717, 1.165) is 0 Å². The maximum Gasteiger partial charge on any atom is 1.00 e. The van der Waals surface area contributed by atoms with Crippen LogP contribution in [0.1, 0.15) is 0 Å². The fourth-order valence-electron chi connectivity index (χ4n) is 0. The number of rotatable bonds is 0. The average Bonchev–Trinajstić information content (AvgIpc) is 1.19. The van der Waals surface area contributed by atoms with E-state index in [4.69, 9.17) is 34.3 Å². The van der Waals surface area contributed by atoms with E-state index in [1.54, 1.807) is 0 Å². The Morgan fingerprint density at radius 1 is 1.00 bits per heavy atom. The summed E-state index contributed by atoms with van der Waals surface area (Å²) >= 11 is 0. The Kier molecular flexibility index (Phi) is 24.5. The minimum absolute atomic E-state index is 0. The van der Waals surface area contributed by atoms with Crippen LogP contribution in [0.15, 0.2) is 0 Å². The van der Waals surface area contributed by atoms with Crippen molar-refractivity contribution in [2.24, 2.45) is 0 Å². The fourth-order valence-corrected chi connectivity index (χ4v) is 0. The largest absolute Gasteiger partial charge is 1.00 e. The molecule has 7 nitrogen and oxygen atoms in total. The molecule has 0 spiro atoms. The van der Waals surface area contributed by atoms with Gasteiger partial charge in [0.2, 0.25) is 0 Å². The topological polar surface area (TPSA) is 147 Å². The number of hydrogen-bond acceptors (Lipinski definition) is 7. The normalized spacial score (nSPS) is 7.91. The first kappa shape index (κ1) is 23.0. The summed E-state index contributed by atoms with van der Waals surface area (Å²) in [4.78, 5) is 29.3. The summed E-state index contributed by atoms with van der Waals surface area (Å²) in [5.41, 5.74) is 0. The van der Waals surface area contributed by atoms with E-state index in [1.165, 1.54) is 0 Å². The second-order valence-corrected chi connectivity index (χ2v) is 2.11. The molecule has 0 heterocycles. The van der Waals surface area contributed by atoms with Crippen LogP contribution in [0, 0.1) is 0 Å². The Morgan fingerprint density at radius 3 is 1.00 bits per heavy atom. The van der Waals surface area contributed by atoms with Gasteiger partial charge in [-0.2, -0.15) is 0 Å². The molecule has 0 amide bonds. The van der Waals surface area contributed by atoms with Gasteiger partial charge in [-0.1, -0.05) is 0 Å². The third-order valence-corrected chi connectivity index (χ3v) is 0. The van der Waals surface area contributed by atoms with Crippen LogP contribution in [0.5, 0.6) is 0 Å². The predicted octanol–water partition coefficient (Wildman–Crippen LogP) is -8.92. The van der Waals surface area contributed by atoms with Crippen molar-refractivity contribution < 1.29 is 86.2 Å². The summed E-state index contributed by atoms with van der Waals surface area (Å²) in [7, 11) is -7.28. The fraction of sp³-hybridized carbons (Fsp3) is 0. The molecule has 0 aliphatic carbocycles. The van der Waals surface area contributed by atoms with E-state index >= 15 is 0 Å². The summed E-state index contributed by atoms with van der Waals surface area (Å²) in [6, 6.07) is 0. The van der Waals surface area contributed by atoms with Crippen molar-refractivity contribution in [2.45, 2.75) is 0 Å². The molecule has 0 rings (SSSR count). The molecule has 0 saturated heterocycles. The Morgan fingerprint density at radius 2 is 1.00 bits per heavy atom. The molecular formula is H5AgBNaO7Si. The van der Waals surface area contributed by atoms with Gasteiger partial charge in [-0.15, -0.1) is 0 Å². The monoisotopic (exact) mass is 286 g/mol. The molecule has 0 atom stereocenters. The van der Waals surface area contributed by atoms with E-state index in [0.29, 0.717) is 0 Å². The smallest absolute Gasteiger partial charge is 0.871 e. The van der Waals surface area contributed by atoms with Gasteiger partial charge in [0, 0.05) is 0 Å². The van der Waals surface area contributed by atoms with E-state index in [-0.39, 0.29) is 51.9 Å². The van der Waals surface area contributed by atoms with Crippen molar-refractivity contribution in [3.63, 3.8) is 0 Å². The van der Waals surface area contributed by atoms with Gasteiger partial charge in [0.05, 0.1) is 7.32 Å². The molecule has 0 bridgehead atoms. The molecule has 11 heteroatoms. The first-order valence-electron chi connectivity index (χ1n) is 1.62. The van der Waals surface area contributed by atoms with Crippen molar-refractivity contribution in [3.05, 3.63) is 0 Å². The van der Waals surface area contributed by atoms with Crippen LogP contribution in [0.2, 0.25) is 0 Å². The van der Waals surface area contributed by atoms with Gasteiger partial charge in [0.1, 0.15) is 0 Å². The van der Waals surface area contributed by atoms with Crippen LogP contribution in [-0.4, -0.2) is 40.6 Å². The molecule has 66 valence electrons. The Hall–Kier alpha value is 1.74. The molecule has 0 aliphatic heterocycles. The first-order valence-corrected chi connectivity index (χ1v) is 3.41. The zero-order valence-corrected chi connectivity index (χ0v) is 9.91. The molecule has 0 fully saturated rings. The van der Waals surface area contributed by atoms with Crippen LogP contribution in [0.3, 0.4) is 0 Å². The van der Waals surface area contributed by atoms with Crippen molar-refractivity contribution in [1.82, 2.24) is 0 Å². The molecule has 0 aromatic heterocycles. The zero-order chi connectivity index (χ0) is 8.08. The van der Waals surface area contributed by atoms with E-state index in [9.17, 15) is 0 Å². The molecule has 0 saturated carbocycles. The quantitative estimate of drug-likeness (QED) is 0.278. The average molecular weight is 287 g/mol. The van der Waals surface area contributed by atoms with Gasteiger partial charge in [-0.25, -0.2) is 0 Å². The van der Waals surface area contributed by atoms with Crippen molar-refractivity contribution in [1.29, 1.82) is 0 Å². The van der Waals surface area contributed by atoms with E-state index in [1.807, 2.05) is 0 Å². The SMILES string of the molecule is O[Si](O)(O)O.[Ag+].[Na+].[O-]B([O-])O. The standard InChI is InChI=1S/Ag.BHO3.Na.H4O4Si/c;2-1(3)4;;1-5(2,3)4/h;2H;;1-4H/q+1;-2;+1;. The van der Waals surface area contributed by atoms with Crippen LogP contribution in [0.4, 0.5) is 0 Å². The van der Waals surface area contributed by atoms with Gasteiger partial charge in [0.15, 0.2) is 0 Å². The molecule has 5 N–H and O–H groups in total. The summed E-state index contributed by atoms with van der Waals surface area (Å²) in [6.07, 6.45) is 0. The summed E-state index contributed by atoms with van der Waals surface area (Å²) in [6.45, 7) is 0. The molecule has 11 heavy (non-hydrogen) atoms. The Labute approximate surface area is 102 Å². The van der Waals surface area contributed by atoms with Crippen LogP contribution in [0.25, 0.3) is 0 Å². The maximum absolute atomic E-state index is 8.53. The van der Waals surface area contributed by atoms with Gasteiger partial charge < -0.3 is 34.3 Å². The summed E-state index contributed by atoms with van der Waals surface area (Å²) in [5.74, 6) is 0. The third kappa shape index (κ3) is 367. The summed E-state index contributed by atoms with van der Waals surface area (Å²) in [5, 5.41) is 24.0. The van der Waals surface area contributed by atoms with Crippen LogP contribution in [-0.2, 0) is 22.4 Å². The second-order valence-electron chi connectivity index (χ2n) is 0.907. The number of hydrogen-bond donors (Lipinski definition) is 5. The minimum Gasteiger partial charge on any atom is -0.871 e. The van der Waals surface area contributed by atoms with Crippen LogP contribution < -0.4 is 39.6 Å². The van der Waals surface area contributed by atoms with Crippen molar-refractivity contribution in [3.8, 4) is 0 Å². The molecule has 0 radical (unpaired) electrons. The van der Waals surface area contributed by atoms with Crippen LogP contribution >= 0.6 is 0 Å². The second kappa shape index (κ2) is 11.7. The van der Waals surface area contributed by atoms with Gasteiger partial charge in [-0.05, 0) is 0 Å². The Balaban J connectivity index is -0.0000000383. The van der Waals surface area contributed by atoms with Crippen molar-refractivity contribution >= 4 is 16.4 Å². The van der Waals surface area contributed by atoms with Crippen molar-refractivity contribution in [2.75, 3.05) is 0 Å². The summed E-state index contributed by atoms with van der Waals surface area (Å²) < 4.78 is 0. The van der Waals surface area contributed by atoms with Gasteiger partial charge in [0.25, 0.3) is 0 Å². The molecule has 0 aromatic carbocycles. The minimum atomic E-state index is -4.61. The zero-order valence-electron chi connectivity index (χ0n) is 5.43. The molecule has 0 aromatic rings. The van der Waals surface area contributed by atoms with Gasteiger partial charge in [-0.3, -0.25) is 0 Å². The van der Waals surface area contributed by atoms with E-state index < -0.39 is 16.4 Å². The molecular weight excluding hydrogens is 282 g/mol. The Bertz CT molecular complexity index is 55.2.